The normalized spacial score (nSPS) is 22.3. The number of hydrogen-bond acceptors (Lipinski definition) is 4. The number of fused-ring (bicyclic) bond motifs is 1. The highest BCUT2D eigenvalue weighted by Crippen LogP contribution is 2.24. The van der Waals surface area contributed by atoms with Gasteiger partial charge in [0.25, 0.3) is 5.91 Å². The van der Waals surface area contributed by atoms with E-state index in [2.05, 4.69) is 10.3 Å². The smallest absolute Gasteiger partial charge is 0.251 e. The Morgan fingerprint density at radius 3 is 2.88 bits per heavy atom. The van der Waals surface area contributed by atoms with Crippen LogP contribution in [0.3, 0.4) is 0 Å². The van der Waals surface area contributed by atoms with Gasteiger partial charge in [0.05, 0.1) is 32.5 Å². The second kappa shape index (κ2) is 6.71. The third-order valence-electron chi connectivity index (χ3n) is 4.78. The summed E-state index contributed by atoms with van der Waals surface area (Å²) in [5.74, 6) is 0.247. The number of hydrogen-bond donors (Lipinski definition) is 1. The Hall–Kier alpha value is -2.24. The van der Waals surface area contributed by atoms with Crippen molar-refractivity contribution < 1.29 is 14.3 Å². The molecule has 2 aliphatic rings. The quantitative estimate of drug-likeness (QED) is 0.936. The van der Waals surface area contributed by atoms with Crippen molar-refractivity contribution >= 4 is 5.91 Å². The topological polar surface area (TPSA) is 60.5 Å². The van der Waals surface area contributed by atoms with Crippen molar-refractivity contribution in [2.75, 3.05) is 13.2 Å². The van der Waals surface area contributed by atoms with Gasteiger partial charge in [-0.15, -0.1) is 0 Å². The van der Waals surface area contributed by atoms with Crippen molar-refractivity contribution in [1.29, 1.82) is 0 Å². The molecule has 124 valence electrons. The van der Waals surface area contributed by atoms with Crippen molar-refractivity contribution in [2.45, 2.75) is 25.7 Å². The number of rotatable bonds is 4. The lowest BCUT2D eigenvalue weighted by atomic mass is 9.94. The molecule has 2 aromatic rings. The van der Waals surface area contributed by atoms with Gasteiger partial charge >= 0.3 is 0 Å². The molecule has 0 unspecified atom stereocenters. The van der Waals surface area contributed by atoms with Gasteiger partial charge in [0, 0.05) is 23.9 Å². The number of amides is 1. The van der Waals surface area contributed by atoms with Crippen molar-refractivity contribution in [1.82, 2.24) is 10.3 Å². The molecular formula is C19H20N2O3. The summed E-state index contributed by atoms with van der Waals surface area (Å²) in [7, 11) is 0. The summed E-state index contributed by atoms with van der Waals surface area (Å²) in [6, 6.07) is 9.86. The molecule has 1 fully saturated rings. The lowest BCUT2D eigenvalue weighted by Gasteiger charge is -2.20. The van der Waals surface area contributed by atoms with Gasteiger partial charge in [-0.3, -0.25) is 9.78 Å². The van der Waals surface area contributed by atoms with E-state index in [4.69, 9.17) is 9.47 Å². The number of carbonyl (C=O) groups excluding carboxylic acids is 1. The highest BCUT2D eigenvalue weighted by Gasteiger charge is 2.31. The van der Waals surface area contributed by atoms with Crippen molar-refractivity contribution in [2.24, 2.45) is 5.92 Å². The Bertz CT molecular complexity index is 733. The van der Waals surface area contributed by atoms with E-state index in [-0.39, 0.29) is 17.9 Å². The molecule has 2 aliphatic heterocycles. The van der Waals surface area contributed by atoms with Crippen LogP contribution in [0.25, 0.3) is 0 Å². The summed E-state index contributed by atoms with van der Waals surface area (Å²) in [4.78, 5) is 16.8. The van der Waals surface area contributed by atoms with E-state index in [9.17, 15) is 4.79 Å². The number of nitrogens with zero attached hydrogens (tertiary/aromatic N) is 1. The molecule has 2 atom stereocenters. The Kier molecular flexibility index (Phi) is 4.28. The highest BCUT2D eigenvalue weighted by molar-refractivity contribution is 5.96. The van der Waals surface area contributed by atoms with Gasteiger partial charge in [-0.2, -0.15) is 0 Å². The van der Waals surface area contributed by atoms with Gasteiger partial charge in [0.15, 0.2) is 0 Å². The van der Waals surface area contributed by atoms with Crippen LogP contribution in [-0.4, -0.2) is 30.1 Å². The van der Waals surface area contributed by atoms with E-state index in [1.165, 1.54) is 5.56 Å². The van der Waals surface area contributed by atoms with Crippen LogP contribution < -0.4 is 5.32 Å². The van der Waals surface area contributed by atoms with Gasteiger partial charge in [0.2, 0.25) is 0 Å². The van der Waals surface area contributed by atoms with Crippen molar-refractivity contribution in [3.05, 3.63) is 65.0 Å². The summed E-state index contributed by atoms with van der Waals surface area (Å²) in [6.45, 7) is 2.34. The second-order valence-electron chi connectivity index (χ2n) is 6.37. The standard InChI is InChI=1S/C19H20N2O3/c22-19(16-3-1-2-14-9-23-11-17(14)16)21-18-12-24-10-15(18)8-13-4-6-20-7-5-13/h1-7,15,18H,8-12H2,(H,21,22)/t15-,18-/m1/s1. The molecule has 0 radical (unpaired) electrons. The molecule has 0 spiro atoms. The van der Waals surface area contributed by atoms with Crippen molar-refractivity contribution in [3.63, 3.8) is 0 Å². The monoisotopic (exact) mass is 324 g/mol. The molecule has 1 amide bonds. The van der Waals surface area contributed by atoms with Crippen molar-refractivity contribution in [3.8, 4) is 0 Å². The first-order valence-corrected chi connectivity index (χ1v) is 8.27. The Morgan fingerprint density at radius 2 is 2.00 bits per heavy atom. The molecule has 0 bridgehead atoms. The van der Waals surface area contributed by atoms with E-state index in [0.717, 1.165) is 23.1 Å². The molecule has 1 aromatic carbocycles. The Labute approximate surface area is 141 Å². The summed E-state index contributed by atoms with van der Waals surface area (Å²) >= 11 is 0. The van der Waals surface area contributed by atoms with E-state index in [0.29, 0.717) is 26.4 Å². The number of nitrogens with one attached hydrogen (secondary N) is 1. The molecular weight excluding hydrogens is 304 g/mol. The van der Waals surface area contributed by atoms with Gasteiger partial charge in [-0.25, -0.2) is 0 Å². The zero-order valence-corrected chi connectivity index (χ0v) is 13.4. The molecule has 0 saturated carbocycles. The minimum Gasteiger partial charge on any atom is -0.379 e. The number of benzene rings is 1. The van der Waals surface area contributed by atoms with E-state index in [1.807, 2.05) is 30.3 Å². The largest absolute Gasteiger partial charge is 0.379 e. The average molecular weight is 324 g/mol. The molecule has 0 aliphatic carbocycles. The number of pyridine rings is 1. The minimum atomic E-state index is -0.0346. The van der Waals surface area contributed by atoms with E-state index in [1.54, 1.807) is 12.4 Å². The third kappa shape index (κ3) is 3.05. The predicted molar refractivity (Wildman–Crippen MR) is 88.4 cm³/mol. The first-order valence-electron chi connectivity index (χ1n) is 8.27. The van der Waals surface area contributed by atoms with E-state index < -0.39 is 0 Å². The molecule has 1 saturated heterocycles. The highest BCUT2D eigenvalue weighted by atomic mass is 16.5. The fourth-order valence-corrected chi connectivity index (χ4v) is 3.44. The maximum atomic E-state index is 12.7. The molecule has 24 heavy (non-hydrogen) atoms. The zero-order valence-electron chi connectivity index (χ0n) is 13.4. The zero-order chi connectivity index (χ0) is 16.4. The van der Waals surface area contributed by atoms with Gasteiger partial charge in [0.1, 0.15) is 0 Å². The van der Waals surface area contributed by atoms with Crippen LogP contribution in [-0.2, 0) is 29.1 Å². The van der Waals surface area contributed by atoms with Crippen LogP contribution in [0.15, 0.2) is 42.7 Å². The number of ether oxygens (including phenoxy) is 2. The Morgan fingerprint density at radius 1 is 1.12 bits per heavy atom. The maximum Gasteiger partial charge on any atom is 0.251 e. The van der Waals surface area contributed by atoms with E-state index >= 15 is 0 Å². The summed E-state index contributed by atoms with van der Waals surface area (Å²) in [6.07, 6.45) is 4.47. The molecule has 4 rings (SSSR count). The number of aromatic nitrogens is 1. The van der Waals surface area contributed by atoms with Crippen LogP contribution in [0.2, 0.25) is 0 Å². The van der Waals surface area contributed by atoms with Gasteiger partial charge < -0.3 is 14.8 Å². The van der Waals surface area contributed by atoms with Crippen LogP contribution in [0.5, 0.6) is 0 Å². The summed E-state index contributed by atoms with van der Waals surface area (Å²) in [5.41, 5.74) is 4.06. The van der Waals surface area contributed by atoms with Crippen LogP contribution >= 0.6 is 0 Å². The Balaban J connectivity index is 1.46. The summed E-state index contributed by atoms with van der Waals surface area (Å²) < 4.78 is 11.1. The lowest BCUT2D eigenvalue weighted by molar-refractivity contribution is 0.0920. The molecule has 5 nitrogen and oxygen atoms in total. The predicted octanol–water partition coefficient (Wildman–Crippen LogP) is 2.10. The van der Waals surface area contributed by atoms with Crippen LogP contribution in [0, 0.1) is 5.92 Å². The van der Waals surface area contributed by atoms with Crippen LogP contribution in [0.1, 0.15) is 27.0 Å². The summed E-state index contributed by atoms with van der Waals surface area (Å²) in [5, 5.41) is 3.16. The molecule has 3 heterocycles. The fourth-order valence-electron chi connectivity index (χ4n) is 3.44. The molecule has 5 heteroatoms. The first-order chi connectivity index (χ1) is 11.8. The van der Waals surface area contributed by atoms with Gasteiger partial charge in [-0.05, 0) is 41.3 Å². The molecule has 1 aromatic heterocycles. The SMILES string of the molecule is O=C(N[C@@H]1COC[C@H]1Cc1ccncc1)c1cccc2c1COC2. The lowest BCUT2D eigenvalue weighted by Crippen LogP contribution is -2.41. The van der Waals surface area contributed by atoms with Crippen LogP contribution in [0.4, 0.5) is 0 Å². The fraction of sp³-hybridized carbons (Fsp3) is 0.368. The minimum absolute atomic E-state index is 0.0313. The second-order valence-corrected chi connectivity index (χ2v) is 6.37. The number of carbonyl (C=O) groups is 1. The van der Waals surface area contributed by atoms with Gasteiger partial charge in [-0.1, -0.05) is 12.1 Å². The first kappa shape index (κ1) is 15.3. The maximum absolute atomic E-state index is 12.7. The average Bonchev–Trinajstić information content (AvgIpc) is 3.25. The molecule has 1 N–H and O–H groups in total. The third-order valence-corrected chi connectivity index (χ3v) is 4.78.